The maximum absolute atomic E-state index is 11.5. The number of esters is 1. The van der Waals surface area contributed by atoms with E-state index in [1.54, 1.807) is 32.9 Å². The van der Waals surface area contributed by atoms with Crippen LogP contribution in [0, 0.1) is 5.41 Å². The van der Waals surface area contributed by atoms with Crippen molar-refractivity contribution in [2.24, 2.45) is 5.41 Å². The Morgan fingerprint density at radius 2 is 1.71 bits per heavy atom. The molecule has 0 aliphatic rings. The van der Waals surface area contributed by atoms with E-state index in [1.165, 1.54) is 12.1 Å². The summed E-state index contributed by atoms with van der Waals surface area (Å²) in [4.78, 5) is 22.1. The zero-order valence-corrected chi connectivity index (χ0v) is 10.2. The fourth-order valence-electron chi connectivity index (χ4n) is 1.11. The van der Waals surface area contributed by atoms with Gasteiger partial charge in [0, 0.05) is 0 Å². The molecule has 0 aromatic heterocycles. The lowest BCUT2D eigenvalue weighted by molar-refractivity contribution is -0.154. The van der Waals surface area contributed by atoms with Crippen molar-refractivity contribution in [3.05, 3.63) is 35.4 Å². The van der Waals surface area contributed by atoms with Crippen LogP contribution >= 0.6 is 0 Å². The molecule has 1 N–H and O–H groups in total. The smallest absolute Gasteiger partial charge is 0.335 e. The first-order valence-electron chi connectivity index (χ1n) is 5.30. The van der Waals surface area contributed by atoms with Crippen molar-refractivity contribution in [2.75, 3.05) is 0 Å². The van der Waals surface area contributed by atoms with Crippen LogP contribution in [0.15, 0.2) is 24.3 Å². The van der Waals surface area contributed by atoms with Gasteiger partial charge in [-0.3, -0.25) is 4.79 Å². The molecule has 1 aromatic rings. The van der Waals surface area contributed by atoms with E-state index in [4.69, 9.17) is 9.84 Å². The lowest BCUT2D eigenvalue weighted by atomic mass is 9.97. The van der Waals surface area contributed by atoms with E-state index in [0.717, 1.165) is 5.56 Å². The molecule has 0 atom stereocenters. The van der Waals surface area contributed by atoms with E-state index in [0.29, 0.717) is 0 Å². The predicted octanol–water partition coefficient (Wildman–Crippen LogP) is 2.47. The SMILES string of the molecule is CC(C)(C)C(=O)OCc1ccc(C(=O)O)cc1. The van der Waals surface area contributed by atoms with Crippen LogP contribution in [0.1, 0.15) is 36.7 Å². The van der Waals surface area contributed by atoms with E-state index in [9.17, 15) is 9.59 Å². The maximum Gasteiger partial charge on any atom is 0.335 e. The van der Waals surface area contributed by atoms with Gasteiger partial charge in [-0.05, 0) is 38.5 Å². The molecule has 1 rings (SSSR count). The van der Waals surface area contributed by atoms with Crippen LogP contribution in [0.5, 0.6) is 0 Å². The fourth-order valence-corrected chi connectivity index (χ4v) is 1.11. The monoisotopic (exact) mass is 236 g/mol. The molecule has 0 unspecified atom stereocenters. The van der Waals surface area contributed by atoms with Gasteiger partial charge in [0.15, 0.2) is 0 Å². The molecule has 0 fully saturated rings. The Kier molecular flexibility index (Phi) is 3.89. The molecule has 0 spiro atoms. The highest BCUT2D eigenvalue weighted by molar-refractivity contribution is 5.87. The maximum atomic E-state index is 11.5. The number of ether oxygens (including phenoxy) is 1. The molecule has 0 aliphatic carbocycles. The highest BCUT2D eigenvalue weighted by atomic mass is 16.5. The van der Waals surface area contributed by atoms with Crippen LogP contribution in [0.3, 0.4) is 0 Å². The Morgan fingerprint density at radius 1 is 1.18 bits per heavy atom. The van der Waals surface area contributed by atoms with Crippen molar-refractivity contribution in [3.63, 3.8) is 0 Å². The third kappa shape index (κ3) is 3.90. The highest BCUT2D eigenvalue weighted by Crippen LogP contribution is 2.16. The Labute approximate surface area is 100 Å². The van der Waals surface area contributed by atoms with Gasteiger partial charge < -0.3 is 9.84 Å². The Hall–Kier alpha value is -1.84. The number of rotatable bonds is 3. The molecule has 0 bridgehead atoms. The second-order valence-electron chi connectivity index (χ2n) is 4.83. The summed E-state index contributed by atoms with van der Waals surface area (Å²) < 4.78 is 5.11. The molecule has 0 radical (unpaired) electrons. The molecule has 92 valence electrons. The number of carboxylic acids is 1. The van der Waals surface area contributed by atoms with Gasteiger partial charge >= 0.3 is 11.9 Å². The van der Waals surface area contributed by atoms with Crippen molar-refractivity contribution in [2.45, 2.75) is 27.4 Å². The van der Waals surface area contributed by atoms with Gasteiger partial charge in [0.05, 0.1) is 11.0 Å². The first-order chi connectivity index (χ1) is 7.80. The zero-order valence-electron chi connectivity index (χ0n) is 10.2. The lowest BCUT2D eigenvalue weighted by Crippen LogP contribution is -2.22. The Morgan fingerprint density at radius 3 is 2.12 bits per heavy atom. The van der Waals surface area contributed by atoms with Gasteiger partial charge in [0.2, 0.25) is 0 Å². The summed E-state index contributed by atoms with van der Waals surface area (Å²) in [7, 11) is 0. The molecule has 0 saturated heterocycles. The van der Waals surface area contributed by atoms with Crippen molar-refractivity contribution in [1.29, 1.82) is 0 Å². The normalized spacial score (nSPS) is 11.0. The molecule has 1 aromatic carbocycles. The van der Waals surface area contributed by atoms with Crippen LogP contribution in [-0.2, 0) is 16.1 Å². The topological polar surface area (TPSA) is 63.6 Å². The van der Waals surface area contributed by atoms with Crippen molar-refractivity contribution < 1.29 is 19.4 Å². The van der Waals surface area contributed by atoms with Crippen LogP contribution in [-0.4, -0.2) is 17.0 Å². The van der Waals surface area contributed by atoms with E-state index < -0.39 is 11.4 Å². The van der Waals surface area contributed by atoms with E-state index >= 15 is 0 Å². The molecule has 0 amide bonds. The number of benzene rings is 1. The molecule has 4 nitrogen and oxygen atoms in total. The Bertz CT molecular complexity index is 412. The highest BCUT2D eigenvalue weighted by Gasteiger charge is 2.22. The van der Waals surface area contributed by atoms with E-state index in [2.05, 4.69) is 0 Å². The first kappa shape index (κ1) is 13.2. The molecule has 0 heterocycles. The summed E-state index contributed by atoms with van der Waals surface area (Å²) in [5, 5.41) is 8.72. The minimum absolute atomic E-state index is 0.163. The quantitative estimate of drug-likeness (QED) is 0.819. The summed E-state index contributed by atoms with van der Waals surface area (Å²) in [6.45, 7) is 5.50. The number of hydrogen-bond acceptors (Lipinski definition) is 3. The average Bonchev–Trinajstić information content (AvgIpc) is 2.25. The number of carbonyl (C=O) groups is 2. The average molecular weight is 236 g/mol. The second-order valence-corrected chi connectivity index (χ2v) is 4.83. The third-order valence-electron chi connectivity index (χ3n) is 2.18. The van der Waals surface area contributed by atoms with Crippen molar-refractivity contribution in [1.82, 2.24) is 0 Å². The van der Waals surface area contributed by atoms with Crippen molar-refractivity contribution >= 4 is 11.9 Å². The summed E-state index contributed by atoms with van der Waals surface area (Å²) in [5.41, 5.74) is 0.463. The molecule has 0 saturated carbocycles. The van der Waals surface area contributed by atoms with Gasteiger partial charge in [0.25, 0.3) is 0 Å². The minimum Gasteiger partial charge on any atom is -0.478 e. The van der Waals surface area contributed by atoms with Crippen LogP contribution in [0.25, 0.3) is 0 Å². The van der Waals surface area contributed by atoms with Gasteiger partial charge in [-0.25, -0.2) is 4.79 Å². The number of carbonyl (C=O) groups excluding carboxylic acids is 1. The van der Waals surface area contributed by atoms with Crippen LogP contribution in [0.2, 0.25) is 0 Å². The summed E-state index contributed by atoms with van der Waals surface area (Å²) in [6, 6.07) is 6.25. The number of aromatic carboxylic acids is 1. The zero-order chi connectivity index (χ0) is 13.1. The van der Waals surface area contributed by atoms with Crippen LogP contribution < -0.4 is 0 Å². The largest absolute Gasteiger partial charge is 0.478 e. The fraction of sp³-hybridized carbons (Fsp3) is 0.385. The molecular formula is C13H16O4. The predicted molar refractivity (Wildman–Crippen MR) is 62.7 cm³/mol. The molecule has 0 aliphatic heterocycles. The van der Waals surface area contributed by atoms with Crippen molar-refractivity contribution in [3.8, 4) is 0 Å². The first-order valence-corrected chi connectivity index (χ1v) is 5.30. The molecular weight excluding hydrogens is 220 g/mol. The van der Waals surface area contributed by atoms with Gasteiger partial charge in [-0.1, -0.05) is 12.1 Å². The minimum atomic E-state index is -0.969. The molecule has 4 heteroatoms. The van der Waals surface area contributed by atoms with Gasteiger partial charge in [0.1, 0.15) is 6.61 Å². The van der Waals surface area contributed by atoms with Gasteiger partial charge in [-0.15, -0.1) is 0 Å². The lowest BCUT2D eigenvalue weighted by Gasteiger charge is -2.16. The number of hydrogen-bond donors (Lipinski definition) is 1. The second kappa shape index (κ2) is 4.99. The summed E-state index contributed by atoms with van der Waals surface area (Å²) in [5.74, 6) is -1.25. The van der Waals surface area contributed by atoms with E-state index in [-0.39, 0.29) is 18.1 Å². The summed E-state index contributed by atoms with van der Waals surface area (Å²) >= 11 is 0. The van der Waals surface area contributed by atoms with Crippen LogP contribution in [0.4, 0.5) is 0 Å². The van der Waals surface area contributed by atoms with E-state index in [1.807, 2.05) is 0 Å². The Balaban J connectivity index is 2.59. The standard InChI is InChI=1S/C13H16O4/c1-13(2,3)12(16)17-8-9-4-6-10(7-5-9)11(14)15/h4-7H,8H2,1-3H3,(H,14,15). The molecule has 17 heavy (non-hydrogen) atoms. The third-order valence-corrected chi connectivity index (χ3v) is 2.18. The van der Waals surface area contributed by atoms with Gasteiger partial charge in [-0.2, -0.15) is 0 Å². The summed E-state index contributed by atoms with van der Waals surface area (Å²) in [6.07, 6.45) is 0. The number of carboxylic acid groups (broad SMARTS) is 1.